The second-order valence-corrected chi connectivity index (χ2v) is 5.74. The summed E-state index contributed by atoms with van der Waals surface area (Å²) in [4.78, 5) is 14.5. The molecule has 0 unspecified atom stereocenters. The van der Waals surface area contributed by atoms with Crippen LogP contribution in [0.3, 0.4) is 0 Å². The number of nitrogens with one attached hydrogen (secondary N) is 1. The van der Waals surface area contributed by atoms with Gasteiger partial charge in [-0.05, 0) is 37.1 Å². The average molecular weight is 292 g/mol. The molecule has 1 aromatic rings. The minimum absolute atomic E-state index is 0.135. The zero-order chi connectivity index (χ0) is 14.7. The van der Waals surface area contributed by atoms with E-state index in [4.69, 9.17) is 4.74 Å². The van der Waals surface area contributed by atoms with Crippen molar-refractivity contribution in [2.24, 2.45) is 0 Å². The molecule has 0 radical (unpaired) electrons. The largest absolute Gasteiger partial charge is 0.487 e. The van der Waals surface area contributed by atoms with E-state index in [1.165, 1.54) is 25.0 Å². The number of carbonyl (C=O) groups excluding carboxylic acids is 1. The highest BCUT2D eigenvalue weighted by atomic mass is 19.1. The minimum Gasteiger partial charge on any atom is -0.487 e. The van der Waals surface area contributed by atoms with Crippen LogP contribution < -0.4 is 10.1 Å². The van der Waals surface area contributed by atoms with Crippen molar-refractivity contribution in [2.75, 3.05) is 19.6 Å². The van der Waals surface area contributed by atoms with E-state index in [0.29, 0.717) is 12.3 Å². The van der Waals surface area contributed by atoms with Crippen LogP contribution in [-0.2, 0) is 4.79 Å². The molecular weight excluding hydrogens is 271 g/mol. The number of carbonyl (C=O) groups is 1. The summed E-state index contributed by atoms with van der Waals surface area (Å²) in [5.41, 5.74) is 0. The van der Waals surface area contributed by atoms with E-state index in [9.17, 15) is 9.18 Å². The third-order valence-electron chi connectivity index (χ3n) is 4.20. The first kappa shape index (κ1) is 14.3. The fourth-order valence-corrected chi connectivity index (χ4v) is 2.86. The van der Waals surface area contributed by atoms with Gasteiger partial charge in [-0.3, -0.25) is 10.1 Å². The minimum atomic E-state index is -0.286. The molecule has 2 aliphatic heterocycles. The molecule has 1 aromatic carbocycles. The fourth-order valence-electron chi connectivity index (χ4n) is 2.86. The van der Waals surface area contributed by atoms with Gasteiger partial charge in [0.2, 0.25) is 5.91 Å². The predicted octanol–water partition coefficient (Wildman–Crippen LogP) is 1.95. The van der Waals surface area contributed by atoms with Crippen LogP contribution in [0.25, 0.3) is 0 Å². The van der Waals surface area contributed by atoms with Gasteiger partial charge in [-0.2, -0.15) is 0 Å². The normalized spacial score (nSPS) is 25.9. The monoisotopic (exact) mass is 292 g/mol. The zero-order valence-corrected chi connectivity index (χ0v) is 12.1. The summed E-state index contributed by atoms with van der Waals surface area (Å²) in [5.74, 6) is 0.457. The third-order valence-corrected chi connectivity index (χ3v) is 4.20. The summed E-state index contributed by atoms with van der Waals surface area (Å²) >= 11 is 0. The Hall–Kier alpha value is -1.62. The highest BCUT2D eigenvalue weighted by molar-refractivity contribution is 5.83. The highest BCUT2D eigenvalue weighted by Gasteiger charge is 2.40. The SMILES string of the molecule is O=C([C@H]1NC[C@H]1Oc1ccc(F)cc1)N1CCCCCC1. The molecule has 2 saturated heterocycles. The van der Waals surface area contributed by atoms with Crippen molar-refractivity contribution < 1.29 is 13.9 Å². The molecule has 2 heterocycles. The predicted molar refractivity (Wildman–Crippen MR) is 77.7 cm³/mol. The van der Waals surface area contributed by atoms with Crippen LogP contribution >= 0.6 is 0 Å². The van der Waals surface area contributed by atoms with E-state index in [2.05, 4.69) is 5.32 Å². The molecule has 0 aliphatic carbocycles. The van der Waals surface area contributed by atoms with Gasteiger partial charge in [-0.25, -0.2) is 4.39 Å². The zero-order valence-electron chi connectivity index (χ0n) is 12.1. The Kier molecular flexibility index (Phi) is 4.39. The second kappa shape index (κ2) is 6.43. The molecule has 114 valence electrons. The number of hydrogen-bond donors (Lipinski definition) is 1. The number of halogens is 1. The highest BCUT2D eigenvalue weighted by Crippen LogP contribution is 2.20. The lowest BCUT2D eigenvalue weighted by molar-refractivity contribution is -0.139. The number of rotatable bonds is 3. The van der Waals surface area contributed by atoms with Gasteiger partial charge in [-0.1, -0.05) is 12.8 Å². The molecular formula is C16H21FN2O2. The van der Waals surface area contributed by atoms with Gasteiger partial charge in [0.05, 0.1) is 0 Å². The molecule has 4 nitrogen and oxygen atoms in total. The fraction of sp³-hybridized carbons (Fsp3) is 0.562. The Morgan fingerprint density at radius 2 is 1.81 bits per heavy atom. The van der Waals surface area contributed by atoms with Crippen LogP contribution in [-0.4, -0.2) is 42.6 Å². The van der Waals surface area contributed by atoms with Crippen LogP contribution in [0.2, 0.25) is 0 Å². The number of benzene rings is 1. The van der Waals surface area contributed by atoms with Crippen molar-refractivity contribution in [3.8, 4) is 5.75 Å². The molecule has 2 aliphatic rings. The van der Waals surface area contributed by atoms with Gasteiger partial charge in [-0.15, -0.1) is 0 Å². The number of nitrogens with zero attached hydrogens (tertiary/aromatic N) is 1. The Labute approximate surface area is 124 Å². The van der Waals surface area contributed by atoms with Crippen LogP contribution in [0.4, 0.5) is 4.39 Å². The van der Waals surface area contributed by atoms with E-state index in [-0.39, 0.29) is 23.9 Å². The maximum absolute atomic E-state index is 12.9. The summed E-state index contributed by atoms with van der Waals surface area (Å²) in [6.45, 7) is 2.35. The summed E-state index contributed by atoms with van der Waals surface area (Å²) in [6.07, 6.45) is 4.42. The second-order valence-electron chi connectivity index (χ2n) is 5.74. The summed E-state index contributed by atoms with van der Waals surface area (Å²) < 4.78 is 18.7. The van der Waals surface area contributed by atoms with Crippen LogP contribution in [0, 0.1) is 5.82 Å². The summed E-state index contributed by atoms with van der Waals surface area (Å²) in [6, 6.07) is 5.66. The molecule has 2 fully saturated rings. The molecule has 1 amide bonds. The van der Waals surface area contributed by atoms with Crippen LogP contribution in [0.5, 0.6) is 5.75 Å². The lowest BCUT2D eigenvalue weighted by Crippen LogP contribution is -2.66. The lowest BCUT2D eigenvalue weighted by Gasteiger charge is -2.39. The third kappa shape index (κ3) is 3.35. The molecule has 1 N–H and O–H groups in total. The number of likely N-dealkylation sites (tertiary alicyclic amines) is 1. The maximum Gasteiger partial charge on any atom is 0.243 e. The molecule has 3 rings (SSSR count). The number of hydrogen-bond acceptors (Lipinski definition) is 3. The van der Waals surface area contributed by atoms with Crippen molar-refractivity contribution in [3.05, 3.63) is 30.1 Å². The Morgan fingerprint density at radius 3 is 2.38 bits per heavy atom. The maximum atomic E-state index is 12.9. The first-order valence-corrected chi connectivity index (χ1v) is 7.68. The Balaban J connectivity index is 1.58. The average Bonchev–Trinajstić information content (AvgIpc) is 2.74. The van der Waals surface area contributed by atoms with Gasteiger partial charge >= 0.3 is 0 Å². The van der Waals surface area contributed by atoms with Crippen LogP contribution in [0.1, 0.15) is 25.7 Å². The topological polar surface area (TPSA) is 41.6 Å². The molecule has 0 bridgehead atoms. The standard InChI is InChI=1S/C16H21FN2O2/c17-12-5-7-13(8-6-12)21-14-11-18-15(14)16(20)19-9-3-1-2-4-10-19/h5-8,14-15,18H,1-4,9-11H2/t14-,15+/m1/s1. The molecule has 21 heavy (non-hydrogen) atoms. The van der Waals surface area contributed by atoms with Gasteiger partial charge < -0.3 is 9.64 Å². The van der Waals surface area contributed by atoms with E-state index >= 15 is 0 Å². The lowest BCUT2D eigenvalue weighted by atomic mass is 10.0. The van der Waals surface area contributed by atoms with Gasteiger partial charge in [0.15, 0.2) is 0 Å². The first-order chi connectivity index (χ1) is 10.2. The number of amides is 1. The van der Waals surface area contributed by atoms with Gasteiger partial charge in [0.1, 0.15) is 23.7 Å². The van der Waals surface area contributed by atoms with Crippen molar-refractivity contribution >= 4 is 5.91 Å². The molecule has 0 spiro atoms. The molecule has 0 aromatic heterocycles. The molecule has 2 atom stereocenters. The Morgan fingerprint density at radius 1 is 1.14 bits per heavy atom. The van der Waals surface area contributed by atoms with E-state index < -0.39 is 0 Å². The van der Waals surface area contributed by atoms with Crippen molar-refractivity contribution in [2.45, 2.75) is 37.8 Å². The van der Waals surface area contributed by atoms with Crippen molar-refractivity contribution in [1.82, 2.24) is 10.2 Å². The van der Waals surface area contributed by atoms with E-state index in [0.717, 1.165) is 25.9 Å². The van der Waals surface area contributed by atoms with Crippen molar-refractivity contribution in [1.29, 1.82) is 0 Å². The van der Waals surface area contributed by atoms with E-state index in [1.54, 1.807) is 12.1 Å². The molecule has 0 saturated carbocycles. The Bertz CT molecular complexity index is 484. The smallest absolute Gasteiger partial charge is 0.243 e. The van der Waals surface area contributed by atoms with Crippen LogP contribution in [0.15, 0.2) is 24.3 Å². The van der Waals surface area contributed by atoms with Gasteiger partial charge in [0.25, 0.3) is 0 Å². The quantitative estimate of drug-likeness (QED) is 0.926. The number of ether oxygens (including phenoxy) is 1. The van der Waals surface area contributed by atoms with Crippen molar-refractivity contribution in [3.63, 3.8) is 0 Å². The van der Waals surface area contributed by atoms with Gasteiger partial charge in [0, 0.05) is 19.6 Å². The summed E-state index contributed by atoms with van der Waals surface area (Å²) in [7, 11) is 0. The summed E-state index contributed by atoms with van der Waals surface area (Å²) in [5, 5.41) is 3.15. The first-order valence-electron chi connectivity index (χ1n) is 7.68. The molecule has 5 heteroatoms. The van der Waals surface area contributed by atoms with E-state index in [1.807, 2.05) is 4.90 Å².